The molecule has 17 heavy (non-hydrogen) atoms. The second-order valence-electron chi connectivity index (χ2n) is 4.31. The van der Waals surface area contributed by atoms with E-state index >= 15 is 0 Å². The third-order valence-corrected chi connectivity index (χ3v) is 3.50. The van der Waals surface area contributed by atoms with Crippen molar-refractivity contribution in [2.75, 3.05) is 13.7 Å². The molecule has 0 saturated heterocycles. The van der Waals surface area contributed by atoms with E-state index in [1.807, 2.05) is 24.3 Å². The molecule has 0 aromatic heterocycles. The zero-order valence-electron chi connectivity index (χ0n) is 11.0. The minimum Gasteiger partial charge on any atom is -0.496 e. The normalized spacial score (nSPS) is 11.5. The summed E-state index contributed by atoms with van der Waals surface area (Å²) < 4.78 is 5.31. The van der Waals surface area contributed by atoms with Gasteiger partial charge in [0.25, 0.3) is 0 Å². The maximum Gasteiger partial charge on any atom is 0.123 e. The van der Waals surface area contributed by atoms with Crippen molar-refractivity contribution < 1.29 is 9.84 Å². The molecular weight excluding hydrogens is 214 g/mol. The van der Waals surface area contributed by atoms with Crippen LogP contribution in [0.25, 0.3) is 0 Å². The van der Waals surface area contributed by atoms with Crippen LogP contribution >= 0.6 is 0 Å². The number of methoxy groups -OCH3 is 1. The zero-order valence-corrected chi connectivity index (χ0v) is 11.0. The Hall–Kier alpha value is -1.06. The Morgan fingerprint density at radius 3 is 2.41 bits per heavy atom. The van der Waals surface area contributed by atoms with Crippen LogP contribution < -0.4 is 10.1 Å². The smallest absolute Gasteiger partial charge is 0.123 e. The summed E-state index contributed by atoms with van der Waals surface area (Å²) in [4.78, 5) is 0. The number of hydrogen-bond donors (Lipinski definition) is 2. The summed E-state index contributed by atoms with van der Waals surface area (Å²) in [5.41, 5.74) is 0.940. The van der Waals surface area contributed by atoms with E-state index in [2.05, 4.69) is 19.2 Å². The quantitative estimate of drug-likeness (QED) is 0.765. The van der Waals surface area contributed by atoms with Crippen molar-refractivity contribution in [2.45, 2.75) is 38.8 Å². The molecule has 0 heterocycles. The molecule has 3 heteroatoms. The van der Waals surface area contributed by atoms with Gasteiger partial charge >= 0.3 is 0 Å². The molecule has 0 atom stereocenters. The lowest BCUT2D eigenvalue weighted by Crippen LogP contribution is -2.47. The number of aliphatic hydroxyl groups is 1. The molecule has 0 fully saturated rings. The molecule has 0 spiro atoms. The van der Waals surface area contributed by atoms with Gasteiger partial charge in [-0.2, -0.15) is 0 Å². The fourth-order valence-electron chi connectivity index (χ4n) is 1.91. The molecule has 0 aliphatic rings. The first-order valence-electron chi connectivity index (χ1n) is 6.19. The van der Waals surface area contributed by atoms with Gasteiger partial charge in [-0.25, -0.2) is 0 Å². The van der Waals surface area contributed by atoms with Crippen molar-refractivity contribution in [3.8, 4) is 5.75 Å². The molecule has 96 valence electrons. The minimum absolute atomic E-state index is 0.162. The van der Waals surface area contributed by atoms with E-state index in [-0.39, 0.29) is 12.1 Å². The van der Waals surface area contributed by atoms with Crippen LogP contribution in [0, 0.1) is 0 Å². The van der Waals surface area contributed by atoms with Gasteiger partial charge in [-0.3, -0.25) is 0 Å². The fourth-order valence-corrected chi connectivity index (χ4v) is 1.91. The maximum absolute atomic E-state index is 9.49. The Labute approximate surface area is 104 Å². The van der Waals surface area contributed by atoms with Gasteiger partial charge in [0.2, 0.25) is 0 Å². The predicted molar refractivity (Wildman–Crippen MR) is 70.2 cm³/mol. The molecular formula is C14H23NO2. The van der Waals surface area contributed by atoms with Gasteiger partial charge in [-0.1, -0.05) is 32.0 Å². The Bertz CT molecular complexity index is 326. The molecule has 1 rings (SSSR count). The van der Waals surface area contributed by atoms with Crippen LogP contribution in [0.15, 0.2) is 24.3 Å². The third-order valence-electron chi connectivity index (χ3n) is 3.50. The fraction of sp³-hybridized carbons (Fsp3) is 0.571. The molecule has 1 aromatic carbocycles. The van der Waals surface area contributed by atoms with Crippen molar-refractivity contribution in [3.63, 3.8) is 0 Å². The molecule has 0 aliphatic carbocycles. The van der Waals surface area contributed by atoms with Crippen LogP contribution in [-0.2, 0) is 6.54 Å². The monoisotopic (exact) mass is 237 g/mol. The highest BCUT2D eigenvalue weighted by atomic mass is 16.5. The summed E-state index contributed by atoms with van der Waals surface area (Å²) in [6.45, 7) is 5.06. The number of nitrogens with one attached hydrogen (secondary N) is 1. The largest absolute Gasteiger partial charge is 0.496 e. The van der Waals surface area contributed by atoms with Crippen LogP contribution in [0.3, 0.4) is 0 Å². The predicted octanol–water partition coefficient (Wildman–Crippen LogP) is 2.34. The van der Waals surface area contributed by atoms with E-state index in [9.17, 15) is 5.11 Å². The highest BCUT2D eigenvalue weighted by molar-refractivity contribution is 5.33. The van der Waals surface area contributed by atoms with E-state index < -0.39 is 0 Å². The van der Waals surface area contributed by atoms with Crippen molar-refractivity contribution in [1.29, 1.82) is 0 Å². The maximum atomic E-state index is 9.49. The van der Waals surface area contributed by atoms with E-state index in [1.54, 1.807) is 7.11 Å². The van der Waals surface area contributed by atoms with Gasteiger partial charge in [0, 0.05) is 17.6 Å². The van der Waals surface area contributed by atoms with Crippen molar-refractivity contribution in [1.82, 2.24) is 5.32 Å². The molecule has 0 radical (unpaired) electrons. The van der Waals surface area contributed by atoms with Crippen molar-refractivity contribution in [3.05, 3.63) is 29.8 Å². The minimum atomic E-state index is -0.180. The molecule has 0 amide bonds. The molecule has 1 aromatic rings. The third kappa shape index (κ3) is 3.45. The zero-order chi connectivity index (χ0) is 12.7. The summed E-state index contributed by atoms with van der Waals surface area (Å²) in [5, 5.41) is 12.9. The van der Waals surface area contributed by atoms with E-state index in [4.69, 9.17) is 4.74 Å². The van der Waals surface area contributed by atoms with E-state index in [0.29, 0.717) is 6.54 Å². The van der Waals surface area contributed by atoms with Crippen LogP contribution in [0.1, 0.15) is 32.3 Å². The first-order chi connectivity index (χ1) is 8.21. The summed E-state index contributed by atoms with van der Waals surface area (Å²) in [5.74, 6) is 0.888. The number of ether oxygens (including phenoxy) is 1. The average Bonchev–Trinajstić information content (AvgIpc) is 2.41. The second-order valence-corrected chi connectivity index (χ2v) is 4.31. The number of hydrogen-bond acceptors (Lipinski definition) is 3. The highest BCUT2D eigenvalue weighted by Crippen LogP contribution is 2.20. The number of para-hydroxylation sites is 1. The van der Waals surface area contributed by atoms with Gasteiger partial charge < -0.3 is 15.2 Å². The average molecular weight is 237 g/mol. The standard InChI is InChI=1S/C14H23NO2/c1-4-14(5-2,11-16)15-10-12-8-6-7-9-13(12)17-3/h6-9,15-16H,4-5,10-11H2,1-3H3. The van der Waals surface area contributed by atoms with Gasteiger partial charge in [0.05, 0.1) is 13.7 Å². The van der Waals surface area contributed by atoms with Crippen molar-refractivity contribution in [2.24, 2.45) is 0 Å². The molecule has 0 aliphatic heterocycles. The molecule has 0 saturated carbocycles. The number of benzene rings is 1. The molecule has 0 bridgehead atoms. The second kappa shape index (κ2) is 6.62. The summed E-state index contributed by atoms with van der Waals surface area (Å²) in [7, 11) is 1.68. The molecule has 3 nitrogen and oxygen atoms in total. The van der Waals surface area contributed by atoms with Gasteiger partial charge in [0.15, 0.2) is 0 Å². The van der Waals surface area contributed by atoms with Crippen LogP contribution in [0.5, 0.6) is 5.75 Å². The Kier molecular flexibility index (Phi) is 5.45. The summed E-state index contributed by atoms with van der Waals surface area (Å²) in [6, 6.07) is 7.95. The van der Waals surface area contributed by atoms with Gasteiger partial charge in [-0.05, 0) is 18.9 Å². The Morgan fingerprint density at radius 1 is 1.24 bits per heavy atom. The topological polar surface area (TPSA) is 41.5 Å². The lowest BCUT2D eigenvalue weighted by atomic mass is 9.93. The molecule has 0 unspecified atom stereocenters. The summed E-state index contributed by atoms with van der Waals surface area (Å²) in [6.07, 6.45) is 1.82. The van der Waals surface area contributed by atoms with Gasteiger partial charge in [-0.15, -0.1) is 0 Å². The number of rotatable bonds is 7. The van der Waals surface area contributed by atoms with Crippen LogP contribution in [0.4, 0.5) is 0 Å². The van der Waals surface area contributed by atoms with Crippen LogP contribution in [-0.4, -0.2) is 24.4 Å². The Morgan fingerprint density at radius 2 is 1.88 bits per heavy atom. The lowest BCUT2D eigenvalue weighted by Gasteiger charge is -2.31. The summed E-state index contributed by atoms with van der Waals surface area (Å²) >= 11 is 0. The number of aliphatic hydroxyl groups excluding tert-OH is 1. The lowest BCUT2D eigenvalue weighted by molar-refractivity contribution is 0.149. The Balaban J connectivity index is 2.71. The van der Waals surface area contributed by atoms with Crippen molar-refractivity contribution >= 4 is 0 Å². The molecule has 2 N–H and O–H groups in total. The highest BCUT2D eigenvalue weighted by Gasteiger charge is 2.24. The van der Waals surface area contributed by atoms with E-state index in [0.717, 1.165) is 24.2 Å². The first-order valence-corrected chi connectivity index (χ1v) is 6.19. The van der Waals surface area contributed by atoms with Crippen LogP contribution in [0.2, 0.25) is 0 Å². The SMILES string of the molecule is CCC(CC)(CO)NCc1ccccc1OC. The van der Waals surface area contributed by atoms with Gasteiger partial charge in [0.1, 0.15) is 5.75 Å². The van der Waals surface area contributed by atoms with E-state index in [1.165, 1.54) is 0 Å². The first kappa shape index (κ1) is 14.0.